The highest BCUT2D eigenvalue weighted by atomic mass is 15.2. The number of aryl methyl sites for hydroxylation is 1. The Kier molecular flexibility index (Phi) is 3.67. The Balaban J connectivity index is 2.13. The van der Waals surface area contributed by atoms with Crippen LogP contribution in [0, 0.1) is 6.92 Å². The fourth-order valence-corrected chi connectivity index (χ4v) is 1.62. The van der Waals surface area contributed by atoms with Crippen LogP contribution in [0.2, 0.25) is 0 Å². The average molecular weight is 228 g/mol. The normalized spacial score (nSPS) is 12.1. The van der Waals surface area contributed by atoms with Gasteiger partial charge in [0.25, 0.3) is 0 Å². The Morgan fingerprint density at radius 1 is 1.12 bits per heavy atom. The number of benzene rings is 1. The average Bonchev–Trinajstić information content (AvgIpc) is 2.39. The smallest absolute Gasteiger partial charge is 0.149 e. The minimum absolute atomic E-state index is 0.0632. The number of nitrogens with one attached hydrogen (secondary N) is 1. The van der Waals surface area contributed by atoms with Crippen LogP contribution in [0.4, 0.5) is 5.82 Å². The highest BCUT2D eigenvalue weighted by molar-refractivity contribution is 5.37. The number of hydrogen-bond donors (Lipinski definition) is 2. The van der Waals surface area contributed by atoms with Crippen LogP contribution in [-0.2, 0) is 0 Å². The number of hydrogen-bond acceptors (Lipinski definition) is 4. The summed E-state index contributed by atoms with van der Waals surface area (Å²) in [6.07, 6.45) is 0. The monoisotopic (exact) mass is 228 g/mol. The third-order valence-electron chi connectivity index (χ3n) is 2.56. The Hall–Kier alpha value is -1.94. The summed E-state index contributed by atoms with van der Waals surface area (Å²) in [4.78, 5) is 0. The standard InChI is InChI=1S/C13H16N4/c1-10-7-8-13(17-16-10)15-12(9-14)11-5-3-2-4-6-11/h2-8,12H,9,14H2,1H3,(H,15,17). The lowest BCUT2D eigenvalue weighted by Gasteiger charge is -2.17. The molecule has 0 radical (unpaired) electrons. The Morgan fingerprint density at radius 3 is 2.47 bits per heavy atom. The summed E-state index contributed by atoms with van der Waals surface area (Å²) in [5, 5.41) is 11.4. The van der Waals surface area contributed by atoms with Gasteiger partial charge in [0, 0.05) is 6.54 Å². The van der Waals surface area contributed by atoms with E-state index in [9.17, 15) is 0 Å². The maximum Gasteiger partial charge on any atom is 0.149 e. The molecule has 1 aromatic carbocycles. The van der Waals surface area contributed by atoms with Gasteiger partial charge in [-0.3, -0.25) is 0 Å². The SMILES string of the molecule is Cc1ccc(NC(CN)c2ccccc2)nn1. The van der Waals surface area contributed by atoms with Gasteiger partial charge in [0.05, 0.1) is 11.7 Å². The Bertz CT molecular complexity index is 453. The lowest BCUT2D eigenvalue weighted by Crippen LogP contribution is -2.21. The summed E-state index contributed by atoms with van der Waals surface area (Å²) in [6, 6.07) is 14.0. The molecule has 1 unspecified atom stereocenters. The van der Waals surface area contributed by atoms with Crippen molar-refractivity contribution in [3.05, 3.63) is 53.7 Å². The van der Waals surface area contributed by atoms with Gasteiger partial charge in [-0.1, -0.05) is 30.3 Å². The zero-order chi connectivity index (χ0) is 12.1. The molecule has 0 aliphatic rings. The predicted octanol–water partition coefficient (Wildman–Crippen LogP) is 1.90. The Labute approximate surface area is 101 Å². The highest BCUT2D eigenvalue weighted by Gasteiger charge is 2.09. The molecule has 3 N–H and O–H groups in total. The third kappa shape index (κ3) is 3.01. The van der Waals surface area contributed by atoms with Gasteiger partial charge >= 0.3 is 0 Å². The van der Waals surface area contributed by atoms with Crippen molar-refractivity contribution in [2.75, 3.05) is 11.9 Å². The number of nitrogens with zero attached hydrogens (tertiary/aromatic N) is 2. The zero-order valence-corrected chi connectivity index (χ0v) is 9.80. The first-order valence-electron chi connectivity index (χ1n) is 5.61. The van der Waals surface area contributed by atoms with Crippen LogP contribution in [-0.4, -0.2) is 16.7 Å². The maximum absolute atomic E-state index is 5.77. The summed E-state index contributed by atoms with van der Waals surface area (Å²) < 4.78 is 0. The van der Waals surface area contributed by atoms with E-state index in [4.69, 9.17) is 5.73 Å². The second-order valence-corrected chi connectivity index (χ2v) is 3.90. The fraction of sp³-hybridized carbons (Fsp3) is 0.231. The minimum atomic E-state index is 0.0632. The van der Waals surface area contributed by atoms with E-state index in [-0.39, 0.29) is 6.04 Å². The predicted molar refractivity (Wildman–Crippen MR) is 68.6 cm³/mol. The first-order chi connectivity index (χ1) is 8.29. The largest absolute Gasteiger partial charge is 0.360 e. The van der Waals surface area contributed by atoms with Gasteiger partial charge in [0.1, 0.15) is 5.82 Å². The van der Waals surface area contributed by atoms with E-state index in [0.29, 0.717) is 6.54 Å². The van der Waals surface area contributed by atoms with Gasteiger partial charge in [-0.25, -0.2) is 0 Å². The van der Waals surface area contributed by atoms with E-state index in [1.807, 2.05) is 49.4 Å². The molecular formula is C13H16N4. The third-order valence-corrected chi connectivity index (χ3v) is 2.56. The molecule has 17 heavy (non-hydrogen) atoms. The van der Waals surface area contributed by atoms with E-state index in [2.05, 4.69) is 15.5 Å². The molecule has 0 bridgehead atoms. The second-order valence-electron chi connectivity index (χ2n) is 3.90. The van der Waals surface area contributed by atoms with Crippen molar-refractivity contribution in [1.29, 1.82) is 0 Å². The Morgan fingerprint density at radius 2 is 1.88 bits per heavy atom. The summed E-state index contributed by atoms with van der Waals surface area (Å²) in [5.74, 6) is 0.745. The molecule has 0 fully saturated rings. The summed E-state index contributed by atoms with van der Waals surface area (Å²) in [5.41, 5.74) is 7.82. The molecule has 1 heterocycles. The molecular weight excluding hydrogens is 212 g/mol. The van der Waals surface area contributed by atoms with Crippen LogP contribution >= 0.6 is 0 Å². The van der Waals surface area contributed by atoms with Crippen LogP contribution in [0.5, 0.6) is 0 Å². The molecule has 2 rings (SSSR count). The topological polar surface area (TPSA) is 63.8 Å². The van der Waals surface area contributed by atoms with Crippen molar-refractivity contribution in [1.82, 2.24) is 10.2 Å². The lowest BCUT2D eigenvalue weighted by atomic mass is 10.1. The molecule has 4 heteroatoms. The maximum atomic E-state index is 5.77. The molecule has 0 aliphatic carbocycles. The van der Waals surface area contributed by atoms with E-state index in [1.165, 1.54) is 0 Å². The van der Waals surface area contributed by atoms with E-state index in [1.54, 1.807) is 0 Å². The fourth-order valence-electron chi connectivity index (χ4n) is 1.62. The van der Waals surface area contributed by atoms with Crippen LogP contribution in [0.25, 0.3) is 0 Å². The van der Waals surface area contributed by atoms with Gasteiger partial charge < -0.3 is 11.1 Å². The molecule has 0 saturated carbocycles. The number of rotatable bonds is 4. The van der Waals surface area contributed by atoms with E-state index < -0.39 is 0 Å². The van der Waals surface area contributed by atoms with Crippen molar-refractivity contribution in [2.45, 2.75) is 13.0 Å². The van der Waals surface area contributed by atoms with Crippen LogP contribution in [0.3, 0.4) is 0 Å². The number of aromatic nitrogens is 2. The summed E-state index contributed by atoms with van der Waals surface area (Å²) >= 11 is 0. The molecule has 1 atom stereocenters. The van der Waals surface area contributed by atoms with Gasteiger partial charge in [0.15, 0.2) is 0 Å². The first kappa shape index (κ1) is 11.5. The minimum Gasteiger partial charge on any atom is -0.360 e. The first-order valence-corrected chi connectivity index (χ1v) is 5.61. The van der Waals surface area contributed by atoms with Crippen molar-refractivity contribution >= 4 is 5.82 Å². The lowest BCUT2D eigenvalue weighted by molar-refractivity contribution is 0.777. The van der Waals surface area contributed by atoms with E-state index >= 15 is 0 Å². The molecule has 0 amide bonds. The number of nitrogens with two attached hydrogens (primary N) is 1. The second kappa shape index (κ2) is 5.41. The molecule has 0 spiro atoms. The van der Waals surface area contributed by atoms with Gasteiger partial charge in [-0.2, -0.15) is 5.10 Å². The summed E-state index contributed by atoms with van der Waals surface area (Å²) in [7, 11) is 0. The zero-order valence-electron chi connectivity index (χ0n) is 9.80. The van der Waals surface area contributed by atoms with Crippen molar-refractivity contribution in [3.63, 3.8) is 0 Å². The molecule has 1 aromatic heterocycles. The molecule has 0 saturated heterocycles. The van der Waals surface area contributed by atoms with E-state index in [0.717, 1.165) is 17.1 Å². The van der Waals surface area contributed by atoms with Gasteiger partial charge in [0.2, 0.25) is 0 Å². The highest BCUT2D eigenvalue weighted by Crippen LogP contribution is 2.16. The quantitative estimate of drug-likeness (QED) is 0.839. The van der Waals surface area contributed by atoms with Gasteiger partial charge in [-0.15, -0.1) is 5.10 Å². The summed E-state index contributed by atoms with van der Waals surface area (Å²) in [6.45, 7) is 2.42. The van der Waals surface area contributed by atoms with Crippen LogP contribution < -0.4 is 11.1 Å². The van der Waals surface area contributed by atoms with Crippen LogP contribution in [0.15, 0.2) is 42.5 Å². The van der Waals surface area contributed by atoms with Crippen molar-refractivity contribution < 1.29 is 0 Å². The molecule has 0 aliphatic heterocycles. The number of anilines is 1. The van der Waals surface area contributed by atoms with Crippen LogP contribution in [0.1, 0.15) is 17.3 Å². The van der Waals surface area contributed by atoms with Crippen molar-refractivity contribution in [2.24, 2.45) is 5.73 Å². The van der Waals surface area contributed by atoms with Crippen molar-refractivity contribution in [3.8, 4) is 0 Å². The van der Waals surface area contributed by atoms with Gasteiger partial charge in [-0.05, 0) is 24.6 Å². The molecule has 88 valence electrons. The molecule has 2 aromatic rings. The molecule has 4 nitrogen and oxygen atoms in total.